The second-order valence-electron chi connectivity index (χ2n) is 5.73. The van der Waals surface area contributed by atoms with Crippen LogP contribution in [0.2, 0.25) is 0 Å². The van der Waals surface area contributed by atoms with E-state index in [1.807, 2.05) is 18.5 Å². The van der Waals surface area contributed by atoms with E-state index in [0.717, 1.165) is 19.3 Å². The first-order valence-electron chi connectivity index (χ1n) is 6.91. The maximum Gasteiger partial charge on any atom is 0.192 e. The Morgan fingerprint density at radius 1 is 1.37 bits per heavy atom. The molecule has 1 aromatic heterocycles. The van der Waals surface area contributed by atoms with Crippen LogP contribution < -0.4 is 5.32 Å². The van der Waals surface area contributed by atoms with E-state index in [1.54, 1.807) is 6.07 Å². The third kappa shape index (κ3) is 3.03. The molecule has 1 saturated carbocycles. The van der Waals surface area contributed by atoms with Crippen molar-refractivity contribution in [2.24, 2.45) is 11.8 Å². The van der Waals surface area contributed by atoms with E-state index in [4.69, 9.17) is 0 Å². The lowest BCUT2D eigenvalue weighted by Gasteiger charge is -2.37. The largest absolute Gasteiger partial charge is 0.316 e. The molecule has 1 aromatic rings. The Kier molecular flexibility index (Phi) is 4.69. The van der Waals surface area contributed by atoms with E-state index < -0.39 is 9.84 Å². The SMILES string of the molecule is CNC1CCC(C(C)C)CC1S(=O)(=O)c1cccs1. The molecule has 19 heavy (non-hydrogen) atoms. The van der Waals surface area contributed by atoms with E-state index in [1.165, 1.54) is 11.3 Å². The normalized spacial score (nSPS) is 28.7. The predicted molar refractivity (Wildman–Crippen MR) is 80.3 cm³/mol. The van der Waals surface area contributed by atoms with Crippen LogP contribution in [-0.4, -0.2) is 26.8 Å². The van der Waals surface area contributed by atoms with Crippen LogP contribution in [0.5, 0.6) is 0 Å². The summed E-state index contributed by atoms with van der Waals surface area (Å²) in [5.41, 5.74) is 0. The summed E-state index contributed by atoms with van der Waals surface area (Å²) in [5.74, 6) is 1.07. The first kappa shape index (κ1) is 15.0. The first-order chi connectivity index (χ1) is 8.96. The molecule has 0 bridgehead atoms. The second kappa shape index (κ2) is 5.94. The van der Waals surface area contributed by atoms with Gasteiger partial charge in [-0.25, -0.2) is 8.42 Å². The molecular weight excluding hydrogens is 278 g/mol. The summed E-state index contributed by atoms with van der Waals surface area (Å²) >= 11 is 1.33. The van der Waals surface area contributed by atoms with Gasteiger partial charge < -0.3 is 5.32 Å². The van der Waals surface area contributed by atoms with Crippen molar-refractivity contribution >= 4 is 21.2 Å². The molecule has 3 atom stereocenters. The van der Waals surface area contributed by atoms with Gasteiger partial charge in [0.05, 0.1) is 5.25 Å². The topological polar surface area (TPSA) is 46.2 Å². The van der Waals surface area contributed by atoms with Gasteiger partial charge in [-0.2, -0.15) is 0 Å². The third-order valence-corrected chi connectivity index (χ3v) is 7.98. The molecule has 1 aliphatic carbocycles. The second-order valence-corrected chi connectivity index (χ2v) is 9.07. The molecule has 0 aromatic carbocycles. The average Bonchev–Trinajstić information content (AvgIpc) is 2.92. The van der Waals surface area contributed by atoms with Crippen molar-refractivity contribution in [1.82, 2.24) is 5.32 Å². The standard InChI is InChI=1S/C14H23NO2S2/c1-10(2)11-6-7-12(15-3)13(9-11)19(16,17)14-5-4-8-18-14/h4-5,8,10-13,15H,6-7,9H2,1-3H3. The summed E-state index contributed by atoms with van der Waals surface area (Å²) in [4.78, 5) is 0. The minimum atomic E-state index is -3.19. The molecule has 1 N–H and O–H groups in total. The van der Waals surface area contributed by atoms with Gasteiger partial charge in [0.25, 0.3) is 0 Å². The fourth-order valence-electron chi connectivity index (χ4n) is 3.01. The quantitative estimate of drug-likeness (QED) is 0.930. The molecule has 108 valence electrons. The summed E-state index contributed by atoms with van der Waals surface area (Å²) in [7, 11) is -1.32. The van der Waals surface area contributed by atoms with Crippen LogP contribution in [0.4, 0.5) is 0 Å². The van der Waals surface area contributed by atoms with Crippen LogP contribution in [0.3, 0.4) is 0 Å². The van der Waals surface area contributed by atoms with Crippen LogP contribution in [0.25, 0.3) is 0 Å². The zero-order valence-corrected chi connectivity index (χ0v) is 13.4. The molecule has 3 unspecified atom stereocenters. The molecule has 3 nitrogen and oxygen atoms in total. The van der Waals surface area contributed by atoms with Crippen LogP contribution in [0.15, 0.2) is 21.7 Å². The molecule has 1 heterocycles. The van der Waals surface area contributed by atoms with Gasteiger partial charge in [0, 0.05) is 6.04 Å². The average molecular weight is 301 g/mol. The first-order valence-corrected chi connectivity index (χ1v) is 9.34. The van der Waals surface area contributed by atoms with Crippen molar-refractivity contribution in [2.75, 3.05) is 7.05 Å². The van der Waals surface area contributed by atoms with Crippen LogP contribution in [0, 0.1) is 11.8 Å². The Bertz CT molecular complexity index is 494. The highest BCUT2D eigenvalue weighted by atomic mass is 32.2. The predicted octanol–water partition coefficient (Wildman–Crippen LogP) is 2.93. The van der Waals surface area contributed by atoms with E-state index in [-0.39, 0.29) is 11.3 Å². The molecular formula is C14H23NO2S2. The number of rotatable bonds is 4. The number of hydrogen-bond acceptors (Lipinski definition) is 4. The van der Waals surface area contributed by atoms with E-state index in [2.05, 4.69) is 19.2 Å². The van der Waals surface area contributed by atoms with Gasteiger partial charge in [-0.1, -0.05) is 19.9 Å². The van der Waals surface area contributed by atoms with Gasteiger partial charge in [0.1, 0.15) is 4.21 Å². The highest BCUT2D eigenvalue weighted by Gasteiger charge is 2.40. The Balaban J connectivity index is 2.28. The summed E-state index contributed by atoms with van der Waals surface area (Å²) in [5, 5.41) is 4.76. The summed E-state index contributed by atoms with van der Waals surface area (Å²) in [6.45, 7) is 4.39. The van der Waals surface area contributed by atoms with Gasteiger partial charge in [-0.15, -0.1) is 11.3 Å². The lowest BCUT2D eigenvalue weighted by Crippen LogP contribution is -2.47. The van der Waals surface area contributed by atoms with Crippen molar-refractivity contribution in [3.8, 4) is 0 Å². The van der Waals surface area contributed by atoms with Gasteiger partial charge in [-0.05, 0) is 49.6 Å². The van der Waals surface area contributed by atoms with Crippen LogP contribution in [-0.2, 0) is 9.84 Å². The van der Waals surface area contributed by atoms with E-state index >= 15 is 0 Å². The highest BCUT2D eigenvalue weighted by Crippen LogP contribution is 2.36. The maximum atomic E-state index is 12.8. The van der Waals surface area contributed by atoms with Crippen molar-refractivity contribution < 1.29 is 8.42 Å². The molecule has 0 saturated heterocycles. The van der Waals surface area contributed by atoms with Gasteiger partial charge in [0.15, 0.2) is 9.84 Å². The summed E-state index contributed by atoms with van der Waals surface area (Å²) in [6, 6.07) is 3.63. The fourth-order valence-corrected chi connectivity index (χ4v) is 6.31. The molecule has 0 spiro atoms. The van der Waals surface area contributed by atoms with Crippen LogP contribution >= 0.6 is 11.3 Å². The van der Waals surface area contributed by atoms with Crippen molar-refractivity contribution in [3.63, 3.8) is 0 Å². The fraction of sp³-hybridized carbons (Fsp3) is 0.714. The van der Waals surface area contributed by atoms with E-state index in [9.17, 15) is 8.42 Å². The molecule has 1 aliphatic rings. The smallest absolute Gasteiger partial charge is 0.192 e. The van der Waals surface area contributed by atoms with Crippen LogP contribution in [0.1, 0.15) is 33.1 Å². The van der Waals surface area contributed by atoms with Crippen molar-refractivity contribution in [3.05, 3.63) is 17.5 Å². The Morgan fingerprint density at radius 3 is 2.63 bits per heavy atom. The van der Waals surface area contributed by atoms with E-state index in [0.29, 0.717) is 16.0 Å². The monoisotopic (exact) mass is 301 g/mol. The summed E-state index contributed by atoms with van der Waals surface area (Å²) in [6.07, 6.45) is 2.86. The lowest BCUT2D eigenvalue weighted by molar-refractivity contribution is 0.246. The number of nitrogens with one attached hydrogen (secondary N) is 1. The third-order valence-electron chi connectivity index (χ3n) is 4.32. The Hall–Kier alpha value is -0.390. The zero-order valence-electron chi connectivity index (χ0n) is 11.8. The lowest BCUT2D eigenvalue weighted by atomic mass is 9.79. The zero-order chi connectivity index (χ0) is 14.0. The number of hydrogen-bond donors (Lipinski definition) is 1. The molecule has 1 fully saturated rings. The molecule has 0 radical (unpaired) electrons. The molecule has 0 amide bonds. The summed E-state index contributed by atoms with van der Waals surface area (Å²) < 4.78 is 26.0. The van der Waals surface area contributed by atoms with Gasteiger partial charge >= 0.3 is 0 Å². The highest BCUT2D eigenvalue weighted by molar-refractivity contribution is 7.94. The maximum absolute atomic E-state index is 12.8. The minimum Gasteiger partial charge on any atom is -0.316 e. The number of sulfone groups is 1. The van der Waals surface area contributed by atoms with Gasteiger partial charge in [0.2, 0.25) is 0 Å². The number of thiophene rings is 1. The molecule has 5 heteroatoms. The minimum absolute atomic E-state index is 0.0853. The van der Waals surface area contributed by atoms with Crippen molar-refractivity contribution in [2.45, 2.75) is 48.6 Å². The Morgan fingerprint density at radius 2 is 2.11 bits per heavy atom. The van der Waals surface area contributed by atoms with Crippen molar-refractivity contribution in [1.29, 1.82) is 0 Å². The Labute approximate surface area is 120 Å². The molecule has 2 rings (SSSR count). The van der Waals surface area contributed by atoms with Gasteiger partial charge in [-0.3, -0.25) is 0 Å². The molecule has 0 aliphatic heterocycles.